The highest BCUT2D eigenvalue weighted by atomic mass is 16.5. The molecule has 1 N–H and O–H groups in total. The van der Waals surface area contributed by atoms with Crippen molar-refractivity contribution in [2.75, 3.05) is 6.61 Å². The first-order chi connectivity index (χ1) is 8.49. The Labute approximate surface area is 109 Å². The molecule has 100 valence electrons. The Balaban J connectivity index is 3.21. The topological polar surface area (TPSA) is 46.5 Å². The summed E-state index contributed by atoms with van der Waals surface area (Å²) in [5.74, 6) is 0.113. The first-order valence-electron chi connectivity index (χ1n) is 6.45. The molecule has 0 aliphatic heterocycles. The molecule has 1 atom stereocenters. The summed E-state index contributed by atoms with van der Waals surface area (Å²) in [5.41, 5.74) is 3.25. The normalized spacial score (nSPS) is 12.2. The molecule has 0 amide bonds. The summed E-state index contributed by atoms with van der Waals surface area (Å²) in [5, 5.41) is 8.99. The van der Waals surface area contributed by atoms with E-state index in [2.05, 4.69) is 12.1 Å². The fourth-order valence-corrected chi connectivity index (χ4v) is 2.32. The van der Waals surface area contributed by atoms with E-state index in [0.29, 0.717) is 6.61 Å². The van der Waals surface area contributed by atoms with E-state index in [1.165, 1.54) is 0 Å². The predicted molar refractivity (Wildman–Crippen MR) is 72.4 cm³/mol. The van der Waals surface area contributed by atoms with Crippen molar-refractivity contribution in [3.05, 3.63) is 28.8 Å². The number of benzene rings is 1. The van der Waals surface area contributed by atoms with E-state index in [0.717, 1.165) is 28.9 Å². The molecule has 0 spiro atoms. The van der Waals surface area contributed by atoms with E-state index in [1.54, 1.807) is 0 Å². The first-order valence-corrected chi connectivity index (χ1v) is 6.45. The van der Waals surface area contributed by atoms with E-state index >= 15 is 0 Å². The third kappa shape index (κ3) is 3.49. The van der Waals surface area contributed by atoms with E-state index in [1.807, 2.05) is 27.7 Å². The molecule has 0 bridgehead atoms. The number of carboxylic acid groups (broad SMARTS) is 1. The maximum Gasteiger partial charge on any atom is 0.303 e. The third-order valence-corrected chi connectivity index (χ3v) is 3.09. The fourth-order valence-electron chi connectivity index (χ4n) is 2.32. The number of carbonyl (C=O) groups is 1. The molecule has 0 saturated heterocycles. The van der Waals surface area contributed by atoms with Crippen LogP contribution in [0.1, 0.15) is 49.3 Å². The van der Waals surface area contributed by atoms with Crippen molar-refractivity contribution < 1.29 is 14.6 Å². The van der Waals surface area contributed by atoms with Crippen LogP contribution >= 0.6 is 0 Å². The Morgan fingerprint density at radius 3 is 2.50 bits per heavy atom. The molecular weight excluding hydrogens is 228 g/mol. The van der Waals surface area contributed by atoms with Gasteiger partial charge < -0.3 is 9.84 Å². The molecule has 3 nitrogen and oxygen atoms in total. The van der Waals surface area contributed by atoms with Gasteiger partial charge in [0, 0.05) is 0 Å². The Hall–Kier alpha value is -1.51. The fraction of sp³-hybridized carbons (Fsp3) is 0.533. The SMILES string of the molecule is CCOc1c(C)cc(C)cc1C(CC)CC(=O)O. The lowest BCUT2D eigenvalue weighted by atomic mass is 9.90. The lowest BCUT2D eigenvalue weighted by molar-refractivity contribution is -0.137. The van der Waals surface area contributed by atoms with Crippen LogP contribution in [0, 0.1) is 13.8 Å². The van der Waals surface area contributed by atoms with Crippen molar-refractivity contribution in [2.45, 2.75) is 46.5 Å². The second-order valence-electron chi connectivity index (χ2n) is 4.64. The van der Waals surface area contributed by atoms with Crippen LogP contribution in [0.3, 0.4) is 0 Å². The van der Waals surface area contributed by atoms with Gasteiger partial charge >= 0.3 is 5.97 Å². The summed E-state index contributed by atoms with van der Waals surface area (Å²) < 4.78 is 5.69. The number of hydrogen-bond donors (Lipinski definition) is 1. The predicted octanol–water partition coefficient (Wildman–Crippen LogP) is 3.67. The number of rotatable bonds is 6. The number of hydrogen-bond acceptors (Lipinski definition) is 2. The molecule has 0 aliphatic carbocycles. The molecular formula is C15H22O3. The minimum Gasteiger partial charge on any atom is -0.493 e. The first kappa shape index (κ1) is 14.6. The Morgan fingerprint density at radius 2 is 2.00 bits per heavy atom. The van der Waals surface area contributed by atoms with E-state index in [4.69, 9.17) is 9.84 Å². The van der Waals surface area contributed by atoms with Crippen molar-refractivity contribution >= 4 is 5.97 Å². The van der Waals surface area contributed by atoms with Gasteiger partial charge in [0.25, 0.3) is 0 Å². The molecule has 0 aromatic heterocycles. The number of carboxylic acids is 1. The van der Waals surface area contributed by atoms with E-state index in [9.17, 15) is 4.79 Å². The lowest BCUT2D eigenvalue weighted by Crippen LogP contribution is -2.09. The van der Waals surface area contributed by atoms with Gasteiger partial charge in [0.15, 0.2) is 0 Å². The molecule has 0 fully saturated rings. The smallest absolute Gasteiger partial charge is 0.303 e. The summed E-state index contributed by atoms with van der Waals surface area (Å²) >= 11 is 0. The second kappa shape index (κ2) is 6.43. The van der Waals surface area contributed by atoms with Gasteiger partial charge in [-0.05, 0) is 44.2 Å². The van der Waals surface area contributed by atoms with Gasteiger partial charge in [-0.3, -0.25) is 4.79 Å². The zero-order valence-corrected chi connectivity index (χ0v) is 11.6. The summed E-state index contributed by atoms with van der Waals surface area (Å²) in [7, 11) is 0. The van der Waals surface area contributed by atoms with Crippen LogP contribution in [-0.4, -0.2) is 17.7 Å². The maximum absolute atomic E-state index is 10.9. The summed E-state index contributed by atoms with van der Waals surface area (Å²) in [4.78, 5) is 10.9. The zero-order chi connectivity index (χ0) is 13.7. The molecule has 0 heterocycles. The maximum atomic E-state index is 10.9. The summed E-state index contributed by atoms with van der Waals surface area (Å²) in [6, 6.07) is 4.12. The summed E-state index contributed by atoms with van der Waals surface area (Å²) in [6.07, 6.45) is 0.953. The molecule has 0 radical (unpaired) electrons. The van der Waals surface area contributed by atoms with Gasteiger partial charge in [0.05, 0.1) is 13.0 Å². The molecule has 0 saturated carbocycles. The number of ether oxygens (including phenoxy) is 1. The zero-order valence-electron chi connectivity index (χ0n) is 11.6. The van der Waals surface area contributed by atoms with E-state index < -0.39 is 5.97 Å². The Morgan fingerprint density at radius 1 is 1.33 bits per heavy atom. The van der Waals surface area contributed by atoms with Crippen LogP contribution in [0.5, 0.6) is 5.75 Å². The average Bonchev–Trinajstić information content (AvgIpc) is 2.29. The highest BCUT2D eigenvalue weighted by Crippen LogP contribution is 2.35. The third-order valence-electron chi connectivity index (χ3n) is 3.09. The average molecular weight is 250 g/mol. The van der Waals surface area contributed by atoms with Gasteiger partial charge in [0.1, 0.15) is 5.75 Å². The Bertz CT molecular complexity index is 424. The molecule has 1 aromatic carbocycles. The summed E-state index contributed by atoms with van der Waals surface area (Å²) in [6.45, 7) is 8.59. The van der Waals surface area contributed by atoms with Gasteiger partial charge in [-0.15, -0.1) is 0 Å². The van der Waals surface area contributed by atoms with Gasteiger partial charge in [-0.1, -0.05) is 24.6 Å². The number of aliphatic carboxylic acids is 1. The standard InChI is InChI=1S/C15H22O3/c1-5-12(9-14(16)17)13-8-10(3)7-11(4)15(13)18-6-2/h7-8,12H,5-6,9H2,1-4H3,(H,16,17). The monoisotopic (exact) mass is 250 g/mol. The minimum atomic E-state index is -0.761. The lowest BCUT2D eigenvalue weighted by Gasteiger charge is -2.20. The van der Waals surface area contributed by atoms with Crippen molar-refractivity contribution in [2.24, 2.45) is 0 Å². The molecule has 1 aromatic rings. The van der Waals surface area contributed by atoms with Crippen LogP contribution in [0.4, 0.5) is 0 Å². The van der Waals surface area contributed by atoms with Gasteiger partial charge in [-0.2, -0.15) is 0 Å². The minimum absolute atomic E-state index is 0.0163. The van der Waals surface area contributed by atoms with Crippen LogP contribution in [0.15, 0.2) is 12.1 Å². The van der Waals surface area contributed by atoms with Crippen LogP contribution in [0.25, 0.3) is 0 Å². The molecule has 0 aliphatic rings. The largest absolute Gasteiger partial charge is 0.493 e. The van der Waals surface area contributed by atoms with Crippen LogP contribution in [-0.2, 0) is 4.79 Å². The Kier molecular flexibility index (Phi) is 5.20. The molecule has 1 unspecified atom stereocenters. The molecule has 18 heavy (non-hydrogen) atoms. The van der Waals surface area contributed by atoms with Crippen molar-refractivity contribution in [1.82, 2.24) is 0 Å². The highest BCUT2D eigenvalue weighted by molar-refractivity contribution is 5.68. The van der Waals surface area contributed by atoms with Crippen molar-refractivity contribution in [3.63, 3.8) is 0 Å². The molecule has 3 heteroatoms. The van der Waals surface area contributed by atoms with Crippen molar-refractivity contribution in [3.8, 4) is 5.75 Å². The van der Waals surface area contributed by atoms with Crippen LogP contribution < -0.4 is 4.74 Å². The second-order valence-corrected chi connectivity index (χ2v) is 4.64. The van der Waals surface area contributed by atoms with Crippen molar-refractivity contribution in [1.29, 1.82) is 0 Å². The van der Waals surface area contributed by atoms with Crippen LogP contribution in [0.2, 0.25) is 0 Å². The molecule has 1 rings (SSSR count). The van der Waals surface area contributed by atoms with E-state index in [-0.39, 0.29) is 12.3 Å². The number of aryl methyl sites for hydroxylation is 2. The highest BCUT2D eigenvalue weighted by Gasteiger charge is 2.19. The van der Waals surface area contributed by atoms with Gasteiger partial charge in [0.2, 0.25) is 0 Å². The quantitative estimate of drug-likeness (QED) is 0.838. The van der Waals surface area contributed by atoms with Gasteiger partial charge in [-0.25, -0.2) is 0 Å².